The van der Waals surface area contributed by atoms with Crippen LogP contribution in [0.5, 0.6) is 5.75 Å². The van der Waals surface area contributed by atoms with E-state index in [1.54, 1.807) is 6.07 Å². The first-order valence-electron chi connectivity index (χ1n) is 8.25. The minimum atomic E-state index is -0.350. The molecule has 134 valence electrons. The summed E-state index contributed by atoms with van der Waals surface area (Å²) < 4.78 is 11.4. The second-order valence-electron chi connectivity index (χ2n) is 6.17. The molecule has 2 fully saturated rings. The molecule has 1 saturated heterocycles. The van der Waals surface area contributed by atoms with E-state index in [0.29, 0.717) is 29.6 Å². The Hall–Kier alpha value is -1.01. The third-order valence-corrected chi connectivity index (χ3v) is 4.69. The Morgan fingerprint density at radius 1 is 1.38 bits per heavy atom. The predicted molar refractivity (Wildman–Crippen MR) is 97.4 cm³/mol. The summed E-state index contributed by atoms with van der Waals surface area (Å²) in [7, 11) is 0. The Labute approximate surface area is 153 Å². The van der Waals surface area contributed by atoms with E-state index in [0.717, 1.165) is 12.8 Å². The molecule has 1 aliphatic carbocycles. The van der Waals surface area contributed by atoms with Crippen LogP contribution in [0, 0.1) is 0 Å². The molecule has 2 N–H and O–H groups in total. The summed E-state index contributed by atoms with van der Waals surface area (Å²) in [6.07, 6.45) is 4.71. The van der Waals surface area contributed by atoms with Crippen LogP contribution in [-0.4, -0.2) is 37.3 Å². The quantitative estimate of drug-likeness (QED) is 0.847. The molecule has 7 heteroatoms. The number of hydrogen-bond donors (Lipinski definition) is 2. The molecule has 24 heavy (non-hydrogen) atoms. The lowest BCUT2D eigenvalue weighted by Gasteiger charge is -2.29. The van der Waals surface area contributed by atoms with Crippen LogP contribution >= 0.6 is 24.0 Å². The van der Waals surface area contributed by atoms with Crippen LogP contribution in [0.3, 0.4) is 0 Å². The Kier molecular flexibility index (Phi) is 7.16. The van der Waals surface area contributed by atoms with Gasteiger partial charge in [-0.15, -0.1) is 12.4 Å². The van der Waals surface area contributed by atoms with Crippen molar-refractivity contribution in [2.45, 2.75) is 50.9 Å². The Morgan fingerprint density at radius 3 is 2.79 bits per heavy atom. The van der Waals surface area contributed by atoms with Gasteiger partial charge in [0.05, 0.1) is 23.8 Å². The molecule has 2 atom stereocenters. The van der Waals surface area contributed by atoms with Crippen LogP contribution in [0.15, 0.2) is 18.2 Å². The molecule has 0 bridgehead atoms. The lowest BCUT2D eigenvalue weighted by Crippen LogP contribution is -2.53. The van der Waals surface area contributed by atoms with Gasteiger partial charge in [-0.25, -0.2) is 0 Å². The lowest BCUT2D eigenvalue weighted by atomic mass is 10.1. The monoisotopic (exact) mass is 374 g/mol. The third kappa shape index (κ3) is 4.76. The van der Waals surface area contributed by atoms with Gasteiger partial charge < -0.3 is 20.1 Å². The maximum atomic E-state index is 12.3. The van der Waals surface area contributed by atoms with Crippen molar-refractivity contribution < 1.29 is 14.3 Å². The van der Waals surface area contributed by atoms with Gasteiger partial charge in [0.25, 0.3) is 0 Å². The minimum absolute atomic E-state index is 0. The minimum Gasteiger partial charge on any atom is -0.489 e. The summed E-state index contributed by atoms with van der Waals surface area (Å²) in [6.45, 7) is 3.20. The molecular formula is C17H24Cl2N2O3. The van der Waals surface area contributed by atoms with Crippen LogP contribution in [0.4, 0.5) is 5.69 Å². The van der Waals surface area contributed by atoms with E-state index in [1.165, 1.54) is 12.8 Å². The van der Waals surface area contributed by atoms with E-state index < -0.39 is 0 Å². The van der Waals surface area contributed by atoms with Crippen LogP contribution in [0.1, 0.15) is 32.6 Å². The van der Waals surface area contributed by atoms with Crippen molar-refractivity contribution in [2.24, 2.45) is 0 Å². The van der Waals surface area contributed by atoms with Crippen molar-refractivity contribution in [3.05, 3.63) is 23.2 Å². The van der Waals surface area contributed by atoms with E-state index in [4.69, 9.17) is 21.1 Å². The number of ether oxygens (including phenoxy) is 2. The summed E-state index contributed by atoms with van der Waals surface area (Å²) >= 11 is 6.29. The van der Waals surface area contributed by atoms with Crippen molar-refractivity contribution in [1.29, 1.82) is 0 Å². The first kappa shape index (κ1) is 19.3. The van der Waals surface area contributed by atoms with Crippen LogP contribution in [-0.2, 0) is 9.53 Å². The fourth-order valence-electron chi connectivity index (χ4n) is 3.11. The summed E-state index contributed by atoms with van der Waals surface area (Å²) in [4.78, 5) is 12.3. The van der Waals surface area contributed by atoms with Gasteiger partial charge in [0.15, 0.2) is 0 Å². The molecule has 1 heterocycles. The molecule has 0 radical (unpaired) electrons. The molecule has 3 rings (SSSR count). The Balaban J connectivity index is 0.00000208. The van der Waals surface area contributed by atoms with Gasteiger partial charge in [0, 0.05) is 12.2 Å². The molecule has 1 saturated carbocycles. The van der Waals surface area contributed by atoms with Gasteiger partial charge in [-0.05, 0) is 50.8 Å². The van der Waals surface area contributed by atoms with E-state index in [9.17, 15) is 4.79 Å². The maximum Gasteiger partial charge on any atom is 0.244 e. The van der Waals surface area contributed by atoms with E-state index >= 15 is 0 Å². The molecule has 1 aromatic carbocycles. The number of benzene rings is 1. The third-order valence-electron chi connectivity index (χ3n) is 4.39. The number of hydrogen-bond acceptors (Lipinski definition) is 4. The highest BCUT2D eigenvalue weighted by Gasteiger charge is 2.28. The van der Waals surface area contributed by atoms with E-state index in [2.05, 4.69) is 10.6 Å². The largest absolute Gasteiger partial charge is 0.489 e. The number of carbonyl (C=O) groups excluding carboxylic acids is 1. The number of nitrogens with one attached hydrogen (secondary N) is 2. The summed E-state index contributed by atoms with van der Waals surface area (Å²) in [6, 6.07) is 5.03. The number of morpholine rings is 1. The molecule has 0 spiro atoms. The van der Waals surface area contributed by atoms with Crippen LogP contribution in [0.25, 0.3) is 0 Å². The molecule has 2 aliphatic rings. The zero-order valence-corrected chi connectivity index (χ0v) is 15.3. The van der Waals surface area contributed by atoms with Crippen LogP contribution < -0.4 is 15.4 Å². The highest BCUT2D eigenvalue weighted by molar-refractivity contribution is 6.32. The second kappa shape index (κ2) is 8.90. The molecule has 1 aliphatic heterocycles. The summed E-state index contributed by atoms with van der Waals surface area (Å²) in [5, 5.41) is 6.57. The molecule has 0 aromatic heterocycles. The van der Waals surface area contributed by atoms with Crippen molar-refractivity contribution in [1.82, 2.24) is 5.32 Å². The average molecular weight is 375 g/mol. The normalized spacial score (nSPS) is 24.2. The van der Waals surface area contributed by atoms with Crippen molar-refractivity contribution in [3.63, 3.8) is 0 Å². The Morgan fingerprint density at radius 2 is 2.12 bits per heavy atom. The zero-order valence-electron chi connectivity index (χ0n) is 13.7. The van der Waals surface area contributed by atoms with Gasteiger partial charge in [0.2, 0.25) is 5.91 Å². The number of halogens is 2. The SMILES string of the molecule is C[C@H]1OCCN[C@@H]1C(=O)Nc1ccc(OC2CCCC2)c(Cl)c1.Cl. The first-order chi connectivity index (χ1) is 11.1. The maximum absolute atomic E-state index is 12.3. The van der Waals surface area contributed by atoms with Gasteiger partial charge in [-0.1, -0.05) is 11.6 Å². The smallest absolute Gasteiger partial charge is 0.244 e. The van der Waals surface area contributed by atoms with Gasteiger partial charge in [0.1, 0.15) is 11.8 Å². The summed E-state index contributed by atoms with van der Waals surface area (Å²) in [5.74, 6) is 0.571. The fourth-order valence-corrected chi connectivity index (χ4v) is 3.33. The highest BCUT2D eigenvalue weighted by Crippen LogP contribution is 2.31. The molecular weight excluding hydrogens is 351 g/mol. The zero-order chi connectivity index (χ0) is 16.2. The van der Waals surface area contributed by atoms with E-state index in [-0.39, 0.29) is 36.6 Å². The highest BCUT2D eigenvalue weighted by atomic mass is 35.5. The molecule has 1 amide bonds. The number of anilines is 1. The predicted octanol–water partition coefficient (Wildman–Crippen LogP) is 3.40. The molecule has 5 nitrogen and oxygen atoms in total. The van der Waals surface area contributed by atoms with Crippen molar-refractivity contribution >= 4 is 35.6 Å². The Bertz CT molecular complexity index is 565. The van der Waals surface area contributed by atoms with Gasteiger partial charge in [-0.3, -0.25) is 4.79 Å². The number of carbonyl (C=O) groups is 1. The van der Waals surface area contributed by atoms with Crippen molar-refractivity contribution in [2.75, 3.05) is 18.5 Å². The average Bonchev–Trinajstić information content (AvgIpc) is 3.03. The van der Waals surface area contributed by atoms with Crippen molar-refractivity contribution in [3.8, 4) is 5.75 Å². The summed E-state index contributed by atoms with van der Waals surface area (Å²) in [5.41, 5.74) is 0.665. The van der Waals surface area contributed by atoms with Gasteiger partial charge in [-0.2, -0.15) is 0 Å². The molecule has 0 unspecified atom stereocenters. The fraction of sp³-hybridized carbons (Fsp3) is 0.588. The number of rotatable bonds is 4. The topological polar surface area (TPSA) is 59.6 Å². The standard InChI is InChI=1S/C17H23ClN2O3.ClH/c1-11-16(19-8-9-22-11)17(21)20-12-6-7-15(14(18)10-12)23-13-4-2-3-5-13;/h6-7,10-11,13,16,19H,2-5,8-9H2,1H3,(H,20,21);1H/t11-,16+;/m1./s1. The number of amides is 1. The molecule has 1 aromatic rings. The first-order valence-corrected chi connectivity index (χ1v) is 8.63. The van der Waals surface area contributed by atoms with Gasteiger partial charge >= 0.3 is 0 Å². The lowest BCUT2D eigenvalue weighted by molar-refractivity contribution is -0.123. The van der Waals surface area contributed by atoms with E-state index in [1.807, 2.05) is 19.1 Å². The second-order valence-corrected chi connectivity index (χ2v) is 6.57. The van der Waals surface area contributed by atoms with Crippen LogP contribution in [0.2, 0.25) is 5.02 Å².